The smallest absolute Gasteiger partial charge is 0.307 e. The highest BCUT2D eigenvalue weighted by atomic mass is 16.4. The van der Waals surface area contributed by atoms with E-state index in [-0.39, 0.29) is 6.42 Å². The molecule has 0 saturated carbocycles. The molecule has 0 radical (unpaired) electrons. The third kappa shape index (κ3) is 3.85. The average Bonchev–Trinajstić information content (AvgIpc) is 2.43. The molecule has 0 saturated heterocycles. The van der Waals surface area contributed by atoms with Gasteiger partial charge in [0.2, 0.25) is 0 Å². The van der Waals surface area contributed by atoms with Gasteiger partial charge in [0.25, 0.3) is 0 Å². The van der Waals surface area contributed by atoms with Crippen LogP contribution in [0.4, 0.5) is 11.4 Å². The monoisotopic (exact) mass is 266 g/mol. The molecule has 4 heteroatoms. The van der Waals surface area contributed by atoms with E-state index in [1.54, 1.807) is 12.1 Å². The summed E-state index contributed by atoms with van der Waals surface area (Å²) >= 11 is 0. The van der Waals surface area contributed by atoms with Crippen LogP contribution in [0.3, 0.4) is 0 Å². The Bertz CT molecular complexity index is 625. The Labute approximate surface area is 117 Å². The molecule has 0 bridgehead atoms. The molecule has 2 aromatic rings. The number of carboxylic acids is 1. The molecular weight excluding hydrogens is 252 g/mol. The molecule has 0 aliphatic rings. The minimum Gasteiger partial charge on any atom is -0.481 e. The molecule has 4 nitrogen and oxygen atoms in total. The highest BCUT2D eigenvalue weighted by molar-refractivity contribution is 5.70. The number of anilines is 2. The highest BCUT2D eigenvalue weighted by Gasteiger charge is 2.00. The van der Waals surface area contributed by atoms with E-state index in [1.165, 1.54) is 0 Å². The predicted octanol–water partition coefficient (Wildman–Crippen LogP) is 3.12. The van der Waals surface area contributed by atoms with Crippen molar-refractivity contribution in [2.75, 3.05) is 5.32 Å². The number of aliphatic carboxylic acids is 1. The first-order valence-corrected chi connectivity index (χ1v) is 6.21. The lowest BCUT2D eigenvalue weighted by Crippen LogP contribution is -1.99. The molecule has 0 spiro atoms. The van der Waals surface area contributed by atoms with Crippen molar-refractivity contribution in [3.8, 4) is 6.07 Å². The summed E-state index contributed by atoms with van der Waals surface area (Å²) in [6.07, 6.45) is 0.438. The van der Waals surface area contributed by atoms with Gasteiger partial charge in [0.15, 0.2) is 0 Å². The third-order valence-corrected chi connectivity index (χ3v) is 2.84. The molecular formula is C16H14N2O2. The fourth-order valence-corrected chi connectivity index (χ4v) is 1.84. The van der Waals surface area contributed by atoms with Gasteiger partial charge in [0.05, 0.1) is 18.9 Å². The van der Waals surface area contributed by atoms with Crippen LogP contribution < -0.4 is 5.32 Å². The van der Waals surface area contributed by atoms with Crippen LogP contribution in [0.25, 0.3) is 0 Å². The van der Waals surface area contributed by atoms with Crippen molar-refractivity contribution < 1.29 is 9.90 Å². The van der Waals surface area contributed by atoms with Crippen molar-refractivity contribution in [2.24, 2.45) is 0 Å². The van der Waals surface area contributed by atoms with Crippen LogP contribution in [0.15, 0.2) is 48.5 Å². The van der Waals surface area contributed by atoms with Crippen LogP contribution in [0.5, 0.6) is 0 Å². The largest absolute Gasteiger partial charge is 0.481 e. The summed E-state index contributed by atoms with van der Waals surface area (Å²) in [6, 6.07) is 17.0. The normalized spacial score (nSPS) is 9.75. The molecule has 0 amide bonds. The first-order chi connectivity index (χ1) is 9.67. The number of hydrogen-bond donors (Lipinski definition) is 2. The van der Waals surface area contributed by atoms with Gasteiger partial charge in [-0.25, -0.2) is 0 Å². The van der Waals surface area contributed by atoms with Crippen LogP contribution in [-0.4, -0.2) is 11.1 Å². The lowest BCUT2D eigenvalue weighted by atomic mass is 10.1. The number of nitrogens with one attached hydrogen (secondary N) is 1. The number of carboxylic acid groups (broad SMARTS) is 1. The first kappa shape index (κ1) is 13.6. The Morgan fingerprint density at radius 3 is 1.95 bits per heavy atom. The van der Waals surface area contributed by atoms with E-state index < -0.39 is 5.97 Å². The summed E-state index contributed by atoms with van der Waals surface area (Å²) in [5, 5.41) is 20.5. The maximum absolute atomic E-state index is 10.6. The third-order valence-electron chi connectivity index (χ3n) is 2.84. The molecule has 2 rings (SSSR count). The van der Waals surface area contributed by atoms with E-state index in [9.17, 15) is 4.79 Å². The van der Waals surface area contributed by atoms with E-state index in [1.807, 2.05) is 36.4 Å². The first-order valence-electron chi connectivity index (χ1n) is 6.21. The van der Waals surface area contributed by atoms with Crippen molar-refractivity contribution in [3.63, 3.8) is 0 Å². The van der Waals surface area contributed by atoms with Crippen LogP contribution in [0.2, 0.25) is 0 Å². The Morgan fingerprint density at radius 1 is 1.00 bits per heavy atom. The molecule has 0 heterocycles. The zero-order valence-corrected chi connectivity index (χ0v) is 10.8. The highest BCUT2D eigenvalue weighted by Crippen LogP contribution is 2.18. The maximum atomic E-state index is 10.6. The van der Waals surface area contributed by atoms with E-state index >= 15 is 0 Å². The maximum Gasteiger partial charge on any atom is 0.307 e. The molecule has 100 valence electrons. The van der Waals surface area contributed by atoms with Crippen molar-refractivity contribution in [3.05, 3.63) is 59.7 Å². The second kappa shape index (κ2) is 6.39. The van der Waals surface area contributed by atoms with Gasteiger partial charge >= 0.3 is 5.97 Å². The number of hydrogen-bond acceptors (Lipinski definition) is 3. The zero-order chi connectivity index (χ0) is 14.4. The van der Waals surface area contributed by atoms with Gasteiger partial charge in [-0.1, -0.05) is 24.3 Å². The molecule has 0 fully saturated rings. The van der Waals surface area contributed by atoms with Gasteiger partial charge in [-0.3, -0.25) is 4.79 Å². The van der Waals surface area contributed by atoms with Crippen LogP contribution in [-0.2, 0) is 17.6 Å². The Morgan fingerprint density at radius 2 is 1.50 bits per heavy atom. The molecule has 20 heavy (non-hydrogen) atoms. The van der Waals surface area contributed by atoms with E-state index in [4.69, 9.17) is 10.4 Å². The SMILES string of the molecule is N#CCc1ccc(Nc2ccc(CC(=O)O)cc2)cc1. The van der Waals surface area contributed by atoms with E-state index in [2.05, 4.69) is 11.4 Å². The standard InChI is InChI=1S/C16H14N2O2/c17-10-9-12-1-5-14(6-2-12)18-15-7-3-13(4-8-15)11-16(19)20/h1-8,18H,9,11H2,(H,19,20). The number of nitrogens with zero attached hydrogens (tertiary/aromatic N) is 1. The summed E-state index contributed by atoms with van der Waals surface area (Å²) < 4.78 is 0. The van der Waals surface area contributed by atoms with Crippen LogP contribution in [0, 0.1) is 11.3 Å². The van der Waals surface area contributed by atoms with E-state index in [0.29, 0.717) is 6.42 Å². The van der Waals surface area contributed by atoms with Crippen LogP contribution >= 0.6 is 0 Å². The quantitative estimate of drug-likeness (QED) is 0.872. The average molecular weight is 266 g/mol. The summed E-state index contributed by atoms with van der Waals surface area (Å²) in [5.41, 5.74) is 3.58. The summed E-state index contributed by atoms with van der Waals surface area (Å²) in [5.74, 6) is -0.834. The fraction of sp³-hybridized carbons (Fsp3) is 0.125. The van der Waals surface area contributed by atoms with Gasteiger partial charge in [-0.05, 0) is 35.4 Å². The van der Waals surface area contributed by atoms with Crippen molar-refractivity contribution in [1.29, 1.82) is 5.26 Å². The van der Waals surface area contributed by atoms with Crippen LogP contribution in [0.1, 0.15) is 11.1 Å². The number of nitriles is 1. The molecule has 2 N–H and O–H groups in total. The molecule has 0 aliphatic heterocycles. The Hall–Kier alpha value is -2.80. The fourth-order valence-electron chi connectivity index (χ4n) is 1.84. The molecule has 2 aromatic carbocycles. The number of rotatable bonds is 5. The minimum absolute atomic E-state index is 0.0309. The van der Waals surface area contributed by atoms with E-state index in [0.717, 1.165) is 22.5 Å². The minimum atomic E-state index is -0.834. The predicted molar refractivity (Wildman–Crippen MR) is 76.8 cm³/mol. The molecule has 0 atom stereocenters. The van der Waals surface area contributed by atoms with Crippen molar-refractivity contribution >= 4 is 17.3 Å². The van der Waals surface area contributed by atoms with Gasteiger partial charge in [0.1, 0.15) is 0 Å². The second-order valence-corrected chi connectivity index (χ2v) is 4.42. The number of benzene rings is 2. The lowest BCUT2D eigenvalue weighted by Gasteiger charge is -2.07. The molecule has 0 unspecified atom stereocenters. The van der Waals surface area contributed by atoms with Gasteiger partial charge in [-0.15, -0.1) is 0 Å². The lowest BCUT2D eigenvalue weighted by molar-refractivity contribution is -0.136. The summed E-state index contributed by atoms with van der Waals surface area (Å²) in [4.78, 5) is 10.6. The zero-order valence-electron chi connectivity index (χ0n) is 10.8. The topological polar surface area (TPSA) is 73.1 Å². The van der Waals surface area contributed by atoms with Crippen molar-refractivity contribution in [2.45, 2.75) is 12.8 Å². The van der Waals surface area contributed by atoms with Gasteiger partial charge < -0.3 is 10.4 Å². The summed E-state index contributed by atoms with van der Waals surface area (Å²) in [6.45, 7) is 0. The van der Waals surface area contributed by atoms with Gasteiger partial charge in [0, 0.05) is 11.4 Å². The second-order valence-electron chi connectivity index (χ2n) is 4.42. The Kier molecular flexibility index (Phi) is 4.35. The molecule has 0 aliphatic carbocycles. The Balaban J connectivity index is 2.02. The van der Waals surface area contributed by atoms with Gasteiger partial charge in [-0.2, -0.15) is 5.26 Å². The van der Waals surface area contributed by atoms with Crippen molar-refractivity contribution in [1.82, 2.24) is 0 Å². The number of carbonyl (C=O) groups is 1. The summed E-state index contributed by atoms with van der Waals surface area (Å²) in [7, 11) is 0. The molecule has 0 aromatic heterocycles.